The first-order valence-corrected chi connectivity index (χ1v) is 13.6. The first-order chi connectivity index (χ1) is 15.5. The van der Waals surface area contributed by atoms with E-state index in [9.17, 15) is 21.6 Å². The van der Waals surface area contributed by atoms with Crippen molar-refractivity contribution >= 4 is 37.3 Å². The molecule has 33 heavy (non-hydrogen) atoms. The van der Waals surface area contributed by atoms with Crippen LogP contribution >= 0.6 is 0 Å². The summed E-state index contributed by atoms with van der Waals surface area (Å²) in [6.07, 6.45) is 0. The number of carbonyl (C=O) groups excluding carboxylic acids is 1. The average Bonchev–Trinajstić information content (AvgIpc) is 2.96. The predicted octanol–water partition coefficient (Wildman–Crippen LogP) is 1.91. The van der Waals surface area contributed by atoms with Gasteiger partial charge in [-0.15, -0.1) is 0 Å². The molecule has 0 atom stereocenters. The molecule has 178 valence electrons. The van der Waals surface area contributed by atoms with Crippen molar-refractivity contribution in [2.24, 2.45) is 5.41 Å². The Balaban J connectivity index is 1.48. The monoisotopic (exact) mass is 493 g/mol. The van der Waals surface area contributed by atoms with E-state index in [1.54, 1.807) is 21.0 Å². The third-order valence-corrected chi connectivity index (χ3v) is 9.90. The van der Waals surface area contributed by atoms with Crippen molar-refractivity contribution in [1.82, 2.24) is 4.31 Å². The Kier molecular flexibility index (Phi) is 5.92. The molecule has 2 heterocycles. The van der Waals surface area contributed by atoms with E-state index in [1.807, 2.05) is 24.3 Å². The number of piperazine rings is 1. The Morgan fingerprint density at radius 2 is 1.42 bits per heavy atom. The Hall–Kier alpha value is -2.63. The Labute approximate surface area is 194 Å². The lowest BCUT2D eigenvalue weighted by atomic mass is 9.95. The lowest BCUT2D eigenvalue weighted by molar-refractivity contribution is -0.123. The lowest BCUT2D eigenvalue weighted by Gasteiger charge is -2.35. The molecule has 0 unspecified atom stereocenters. The van der Waals surface area contributed by atoms with Crippen LogP contribution < -0.4 is 13.9 Å². The van der Waals surface area contributed by atoms with Crippen LogP contribution in [0.3, 0.4) is 0 Å². The molecule has 0 saturated carbocycles. The first kappa shape index (κ1) is 23.5. The van der Waals surface area contributed by atoms with E-state index in [0.717, 1.165) is 15.7 Å². The largest absolute Gasteiger partial charge is 0.497 e. The van der Waals surface area contributed by atoms with Gasteiger partial charge in [0.1, 0.15) is 5.75 Å². The van der Waals surface area contributed by atoms with Crippen LogP contribution in [0, 0.1) is 5.41 Å². The zero-order valence-electron chi connectivity index (χ0n) is 18.8. The van der Waals surface area contributed by atoms with Crippen molar-refractivity contribution in [1.29, 1.82) is 0 Å². The van der Waals surface area contributed by atoms with Crippen LogP contribution in [0.1, 0.15) is 13.8 Å². The fourth-order valence-electron chi connectivity index (χ4n) is 4.14. The van der Waals surface area contributed by atoms with E-state index in [4.69, 9.17) is 4.74 Å². The quantitative estimate of drug-likeness (QED) is 0.627. The standard InChI is InChI=1S/C22H27N3O6S2/c1-22(2)16-32(27,28)25(21(22)26)18-6-10-20(11-7-18)33(29,30)24-14-12-23(13-15-24)17-4-8-19(31-3)9-5-17/h4-11H,12-16H2,1-3H3. The smallest absolute Gasteiger partial charge is 0.247 e. The molecular formula is C22H27N3O6S2. The fourth-order valence-corrected chi connectivity index (χ4v) is 7.67. The van der Waals surface area contributed by atoms with Crippen LogP contribution in [0.4, 0.5) is 11.4 Å². The normalized spacial score (nSPS) is 20.8. The highest BCUT2D eigenvalue weighted by atomic mass is 32.2. The molecule has 2 fully saturated rings. The minimum Gasteiger partial charge on any atom is -0.497 e. The van der Waals surface area contributed by atoms with Crippen LogP contribution in [0.15, 0.2) is 53.4 Å². The van der Waals surface area contributed by atoms with Crippen molar-refractivity contribution < 1.29 is 26.4 Å². The van der Waals surface area contributed by atoms with Gasteiger partial charge in [-0.3, -0.25) is 4.79 Å². The van der Waals surface area contributed by atoms with Gasteiger partial charge in [-0.05, 0) is 62.4 Å². The molecule has 1 amide bonds. The van der Waals surface area contributed by atoms with Crippen LogP contribution in [-0.2, 0) is 24.8 Å². The van der Waals surface area contributed by atoms with Crippen molar-refractivity contribution in [2.45, 2.75) is 18.7 Å². The third-order valence-electron chi connectivity index (χ3n) is 5.97. The van der Waals surface area contributed by atoms with Crippen molar-refractivity contribution in [2.75, 3.05) is 48.2 Å². The second-order valence-electron chi connectivity index (χ2n) is 8.79. The molecule has 9 nitrogen and oxygen atoms in total. The Morgan fingerprint density at radius 3 is 1.91 bits per heavy atom. The molecule has 2 aliphatic heterocycles. The van der Waals surface area contributed by atoms with Gasteiger partial charge in [-0.1, -0.05) is 0 Å². The molecule has 0 spiro atoms. The summed E-state index contributed by atoms with van der Waals surface area (Å²) < 4.78 is 58.6. The number of ether oxygens (including phenoxy) is 1. The molecule has 2 aromatic rings. The number of amides is 1. The van der Waals surface area contributed by atoms with E-state index in [-0.39, 0.29) is 16.3 Å². The number of rotatable bonds is 5. The highest BCUT2D eigenvalue weighted by Crippen LogP contribution is 2.36. The summed E-state index contributed by atoms with van der Waals surface area (Å²) >= 11 is 0. The number of sulfonamides is 2. The van der Waals surface area contributed by atoms with Crippen molar-refractivity contribution in [3.05, 3.63) is 48.5 Å². The highest BCUT2D eigenvalue weighted by molar-refractivity contribution is 7.94. The number of hydrogen-bond donors (Lipinski definition) is 0. The van der Waals surface area contributed by atoms with Gasteiger partial charge in [-0.2, -0.15) is 4.31 Å². The molecule has 4 rings (SSSR count). The van der Waals surface area contributed by atoms with Gasteiger partial charge in [0.15, 0.2) is 0 Å². The highest BCUT2D eigenvalue weighted by Gasteiger charge is 2.50. The van der Waals surface area contributed by atoms with Crippen LogP contribution in [-0.4, -0.2) is 66.1 Å². The van der Waals surface area contributed by atoms with Crippen LogP contribution in [0.5, 0.6) is 5.75 Å². The number of methoxy groups -OCH3 is 1. The van der Waals surface area contributed by atoms with E-state index in [2.05, 4.69) is 4.90 Å². The predicted molar refractivity (Wildman–Crippen MR) is 125 cm³/mol. The summed E-state index contributed by atoms with van der Waals surface area (Å²) in [5, 5.41) is 0. The summed E-state index contributed by atoms with van der Waals surface area (Å²) in [7, 11) is -5.94. The zero-order valence-corrected chi connectivity index (χ0v) is 20.4. The van der Waals surface area contributed by atoms with Gasteiger partial charge in [-0.25, -0.2) is 21.1 Å². The minimum atomic E-state index is -3.79. The van der Waals surface area contributed by atoms with E-state index in [1.165, 1.54) is 28.6 Å². The minimum absolute atomic E-state index is 0.0625. The van der Waals surface area contributed by atoms with Crippen LogP contribution in [0.2, 0.25) is 0 Å². The molecule has 0 N–H and O–H groups in total. The van der Waals surface area contributed by atoms with Crippen LogP contribution in [0.25, 0.3) is 0 Å². The van der Waals surface area contributed by atoms with Gasteiger partial charge in [0.25, 0.3) is 0 Å². The zero-order chi connectivity index (χ0) is 24.0. The van der Waals surface area contributed by atoms with Gasteiger partial charge < -0.3 is 9.64 Å². The molecule has 2 aromatic carbocycles. The number of carbonyl (C=O) groups is 1. The summed E-state index contributed by atoms with van der Waals surface area (Å²) in [5.74, 6) is -0.0414. The van der Waals surface area contributed by atoms with E-state index >= 15 is 0 Å². The maximum atomic E-state index is 13.1. The SMILES string of the molecule is COc1ccc(N2CCN(S(=O)(=O)c3ccc(N4C(=O)C(C)(C)CS4(=O)=O)cc3)CC2)cc1. The number of benzene rings is 2. The molecule has 2 saturated heterocycles. The van der Waals surface area contributed by atoms with Gasteiger partial charge in [0.05, 0.1) is 28.9 Å². The molecule has 0 radical (unpaired) electrons. The lowest BCUT2D eigenvalue weighted by Crippen LogP contribution is -2.48. The van der Waals surface area contributed by atoms with E-state index in [0.29, 0.717) is 26.2 Å². The second-order valence-corrected chi connectivity index (χ2v) is 12.5. The van der Waals surface area contributed by atoms with Crippen molar-refractivity contribution in [3.8, 4) is 5.75 Å². The van der Waals surface area contributed by atoms with Gasteiger partial charge >= 0.3 is 0 Å². The van der Waals surface area contributed by atoms with Crippen molar-refractivity contribution in [3.63, 3.8) is 0 Å². The summed E-state index contributed by atoms with van der Waals surface area (Å²) in [5.41, 5.74) is 0.123. The number of nitrogens with zero attached hydrogens (tertiary/aromatic N) is 3. The maximum absolute atomic E-state index is 13.1. The molecule has 11 heteroatoms. The third kappa shape index (κ3) is 4.32. The fraction of sp³-hybridized carbons (Fsp3) is 0.409. The number of hydrogen-bond acceptors (Lipinski definition) is 7. The Morgan fingerprint density at radius 1 is 0.879 bits per heavy atom. The average molecular weight is 494 g/mol. The number of anilines is 2. The summed E-state index contributed by atoms with van der Waals surface area (Å²) in [6.45, 7) is 4.89. The molecular weight excluding hydrogens is 466 g/mol. The maximum Gasteiger partial charge on any atom is 0.247 e. The summed E-state index contributed by atoms with van der Waals surface area (Å²) in [6, 6.07) is 13.1. The van der Waals surface area contributed by atoms with Gasteiger partial charge in [0.2, 0.25) is 26.0 Å². The topological polar surface area (TPSA) is 104 Å². The van der Waals surface area contributed by atoms with E-state index < -0.39 is 31.4 Å². The van der Waals surface area contributed by atoms with Gasteiger partial charge in [0, 0.05) is 31.9 Å². The Bertz CT molecular complexity index is 1250. The molecule has 0 bridgehead atoms. The molecule has 0 aromatic heterocycles. The summed E-state index contributed by atoms with van der Waals surface area (Å²) in [4.78, 5) is 14.7. The second kappa shape index (κ2) is 8.30. The molecule has 0 aliphatic carbocycles. The molecule has 2 aliphatic rings. The first-order valence-electron chi connectivity index (χ1n) is 10.5.